The fourth-order valence-electron chi connectivity index (χ4n) is 5.58. The van der Waals surface area contributed by atoms with Crippen LogP contribution in [0.3, 0.4) is 0 Å². The van der Waals surface area contributed by atoms with Crippen molar-refractivity contribution in [3.05, 3.63) is 0 Å². The predicted octanol–water partition coefficient (Wildman–Crippen LogP) is 12.9. The minimum absolute atomic E-state index is 1.38. The van der Waals surface area contributed by atoms with E-state index in [0.29, 0.717) is 0 Å². The van der Waals surface area contributed by atoms with Crippen LogP contribution < -0.4 is 0 Å². The van der Waals surface area contributed by atoms with Crippen molar-refractivity contribution in [1.29, 1.82) is 0 Å². The van der Waals surface area contributed by atoms with Gasteiger partial charge < -0.3 is 0 Å². The average Bonchev–Trinajstić information content (AvgIpc) is 2.83. The van der Waals surface area contributed by atoms with Crippen LogP contribution in [0.2, 0.25) is 20.8 Å². The molecule has 1 heteroatoms. The first kappa shape index (κ1) is 33.6. The molecule has 33 heavy (non-hydrogen) atoms. The first-order chi connectivity index (χ1) is 16.2. The van der Waals surface area contributed by atoms with Crippen molar-refractivity contribution in [3.63, 3.8) is 0 Å². The molecule has 0 rings (SSSR count). The third-order valence-electron chi connectivity index (χ3n) is 7.94. The molecule has 0 fully saturated rings. The van der Waals surface area contributed by atoms with Crippen LogP contribution in [0.15, 0.2) is 0 Å². The van der Waals surface area contributed by atoms with E-state index in [-0.39, 0.29) is 0 Å². The molecule has 0 spiro atoms. The van der Waals surface area contributed by atoms with E-state index in [1.54, 1.807) is 46.5 Å². The molecule has 0 aliphatic carbocycles. The van der Waals surface area contributed by atoms with Gasteiger partial charge in [0.05, 0.1) is 0 Å². The van der Waals surface area contributed by atoms with Crippen LogP contribution in [0.5, 0.6) is 0 Å². The average molecular weight is 528 g/mol. The van der Waals surface area contributed by atoms with Gasteiger partial charge in [-0.2, -0.15) is 0 Å². The van der Waals surface area contributed by atoms with E-state index in [0.717, 1.165) is 0 Å². The molecule has 0 aromatic rings. The third kappa shape index (κ3) is 22.7. The maximum absolute atomic E-state index is 2.35. The van der Waals surface area contributed by atoms with E-state index in [9.17, 15) is 0 Å². The van der Waals surface area contributed by atoms with Crippen molar-refractivity contribution < 1.29 is 0 Å². The molecule has 0 radical (unpaired) electrons. The van der Waals surface area contributed by atoms with Gasteiger partial charge in [0.15, 0.2) is 0 Å². The van der Waals surface area contributed by atoms with Gasteiger partial charge in [-0.15, -0.1) is 0 Å². The third-order valence-corrected chi connectivity index (χ3v) is 18.6. The Kier molecular flexibility index (Phi) is 27.6. The van der Waals surface area contributed by atoms with E-state index < -0.39 is 13.6 Å². The first-order valence-electron chi connectivity index (χ1n) is 16.1. The summed E-state index contributed by atoms with van der Waals surface area (Å²) in [7, 11) is 0. The first-order valence-corrected chi connectivity index (χ1v) is 21.4. The van der Waals surface area contributed by atoms with E-state index in [2.05, 4.69) is 27.7 Å². The number of rotatable bonds is 28. The Morgan fingerprint density at radius 1 is 0.242 bits per heavy atom. The Hall–Kier alpha value is 0.558. The van der Waals surface area contributed by atoms with Gasteiger partial charge in [0.1, 0.15) is 0 Å². The molecule has 0 nitrogen and oxygen atoms in total. The molecule has 0 aromatic carbocycles. The fraction of sp³-hybridized carbons (Fsp3) is 1.00. The summed E-state index contributed by atoms with van der Waals surface area (Å²) in [4.78, 5) is 0. The molecule has 0 unspecified atom stereocenters. The quantitative estimate of drug-likeness (QED) is 0.0701. The van der Waals surface area contributed by atoms with E-state index in [1.165, 1.54) is 128 Å². The van der Waals surface area contributed by atoms with E-state index >= 15 is 0 Å². The number of hydrogen-bond acceptors (Lipinski definition) is 0. The molecule has 0 saturated heterocycles. The number of hydrogen-bond donors (Lipinski definition) is 0. The summed E-state index contributed by atoms with van der Waals surface area (Å²) in [5, 5.41) is 6.85. The molecule has 0 bridgehead atoms. The van der Waals surface area contributed by atoms with Gasteiger partial charge in [-0.3, -0.25) is 0 Å². The Morgan fingerprint density at radius 3 is 0.636 bits per heavy atom. The molecule has 0 N–H and O–H groups in total. The van der Waals surface area contributed by atoms with Gasteiger partial charge in [0, 0.05) is 0 Å². The van der Waals surface area contributed by atoms with E-state index in [1.807, 2.05) is 0 Å². The molecule has 200 valence electrons. The monoisotopic (exact) mass is 527 g/mol. The molecular formula is C32H68As+. The van der Waals surface area contributed by atoms with Gasteiger partial charge in [-0.1, -0.05) is 0 Å². The van der Waals surface area contributed by atoms with Gasteiger partial charge in [0.25, 0.3) is 0 Å². The molecule has 0 aliphatic rings. The zero-order valence-corrected chi connectivity index (χ0v) is 26.1. The van der Waals surface area contributed by atoms with Crippen LogP contribution in [0.25, 0.3) is 0 Å². The summed E-state index contributed by atoms with van der Waals surface area (Å²) >= 11 is -1.49. The topological polar surface area (TPSA) is 0 Å². The Morgan fingerprint density at radius 2 is 0.424 bits per heavy atom. The van der Waals surface area contributed by atoms with Crippen LogP contribution >= 0.6 is 0 Å². The molecule has 0 saturated carbocycles. The molecule has 0 amide bonds. The van der Waals surface area contributed by atoms with Gasteiger partial charge in [0.2, 0.25) is 0 Å². The predicted molar refractivity (Wildman–Crippen MR) is 158 cm³/mol. The second-order valence-corrected chi connectivity index (χ2v) is 20.7. The summed E-state index contributed by atoms with van der Waals surface area (Å²) < 4.78 is 0. The standard InChI is InChI=1S/C32H68As/c1-5-9-13-17-21-25-29-33(30-26-22-18-14-10-6-2,31-27-23-19-15-11-7-3)32-28-24-20-16-12-8-4/h5-32H2,1-4H3/q+1. The van der Waals surface area contributed by atoms with E-state index in [4.69, 9.17) is 0 Å². The maximum atomic E-state index is 2.35. The van der Waals surface area contributed by atoms with Gasteiger partial charge >= 0.3 is 216 Å². The SMILES string of the molecule is CCCCCCCC[As+](CCCCCCCC)(CCCCCCCC)CCCCCCCC. The van der Waals surface area contributed by atoms with Crippen LogP contribution in [0.1, 0.15) is 182 Å². The van der Waals surface area contributed by atoms with Crippen LogP contribution in [0.4, 0.5) is 0 Å². The Bertz CT molecular complexity index is 281. The van der Waals surface area contributed by atoms with Gasteiger partial charge in [-0.05, 0) is 0 Å². The summed E-state index contributed by atoms with van der Waals surface area (Å²) in [6.45, 7) is 9.39. The van der Waals surface area contributed by atoms with Crippen molar-refractivity contribution in [2.24, 2.45) is 0 Å². The molecule has 0 aliphatic heterocycles. The summed E-state index contributed by atoms with van der Waals surface area (Å²) in [6.07, 6.45) is 35.8. The summed E-state index contributed by atoms with van der Waals surface area (Å²) in [5.74, 6) is 0. The molecule has 0 aromatic heterocycles. The minimum atomic E-state index is -1.49. The zero-order chi connectivity index (χ0) is 24.3. The number of unbranched alkanes of at least 4 members (excludes halogenated alkanes) is 20. The molecule has 0 heterocycles. The normalized spacial score (nSPS) is 12.0. The zero-order valence-electron chi connectivity index (χ0n) is 24.2. The summed E-state index contributed by atoms with van der Waals surface area (Å²) in [6, 6.07) is 0. The van der Waals surface area contributed by atoms with Crippen molar-refractivity contribution in [2.45, 2.75) is 203 Å². The second-order valence-electron chi connectivity index (χ2n) is 11.3. The van der Waals surface area contributed by atoms with Crippen molar-refractivity contribution in [3.8, 4) is 0 Å². The van der Waals surface area contributed by atoms with Crippen LogP contribution in [0, 0.1) is 0 Å². The second kappa shape index (κ2) is 27.2. The van der Waals surface area contributed by atoms with Crippen molar-refractivity contribution in [2.75, 3.05) is 0 Å². The Labute approximate surface area is 215 Å². The van der Waals surface area contributed by atoms with Crippen LogP contribution in [-0.4, -0.2) is 13.6 Å². The molecule has 0 atom stereocenters. The van der Waals surface area contributed by atoms with Gasteiger partial charge in [-0.25, -0.2) is 0 Å². The van der Waals surface area contributed by atoms with Crippen LogP contribution in [-0.2, 0) is 0 Å². The van der Waals surface area contributed by atoms with Crippen molar-refractivity contribution in [1.82, 2.24) is 0 Å². The summed E-state index contributed by atoms with van der Waals surface area (Å²) in [5.41, 5.74) is 0. The fourth-order valence-corrected chi connectivity index (χ4v) is 15.9. The van der Waals surface area contributed by atoms with Crippen molar-refractivity contribution >= 4 is 13.6 Å². The Balaban J connectivity index is 4.74. The molecular weight excluding hydrogens is 459 g/mol.